The largest absolute Gasteiger partial charge is 0.397 e. The third-order valence-electron chi connectivity index (χ3n) is 6.19. The molecule has 2 aromatic carbocycles. The quantitative estimate of drug-likeness (QED) is 0.241. The predicted octanol–water partition coefficient (Wildman–Crippen LogP) is 4.29. The average Bonchev–Trinajstić information content (AvgIpc) is 3.66. The van der Waals surface area contributed by atoms with Gasteiger partial charge in [-0.2, -0.15) is 4.31 Å². The number of benzene rings is 2. The number of anilines is 2. The summed E-state index contributed by atoms with van der Waals surface area (Å²) in [6, 6.07) is 19.2. The summed E-state index contributed by atoms with van der Waals surface area (Å²) in [7, 11) is -3.59. The molecule has 0 spiro atoms. The molecule has 11 heteroatoms. The van der Waals surface area contributed by atoms with E-state index in [2.05, 4.69) is 22.2 Å². The lowest BCUT2D eigenvalue weighted by atomic mass is 10.1. The van der Waals surface area contributed by atoms with E-state index in [-0.39, 0.29) is 29.0 Å². The zero-order chi connectivity index (χ0) is 26.0. The highest BCUT2D eigenvalue weighted by molar-refractivity contribution is 7.89. The second kappa shape index (κ2) is 10.3. The van der Waals surface area contributed by atoms with Crippen molar-refractivity contribution in [3.63, 3.8) is 0 Å². The highest BCUT2D eigenvalue weighted by Crippen LogP contribution is 2.39. The molecule has 1 atom stereocenters. The Balaban J connectivity index is 1.36. The molecule has 1 aliphatic rings. The molecule has 3 N–H and O–H groups in total. The second-order valence-corrected chi connectivity index (χ2v) is 11.6. The fraction of sp³-hybridized carbons (Fsp3) is 0.192. The summed E-state index contributed by atoms with van der Waals surface area (Å²) in [6.07, 6.45) is 0.608. The van der Waals surface area contributed by atoms with Crippen LogP contribution in [-0.4, -0.2) is 49.5 Å². The number of rotatable bonds is 9. The number of nitrogen functional groups attached to an aromatic ring is 1. The van der Waals surface area contributed by atoms with Crippen LogP contribution in [0.15, 0.2) is 81.1 Å². The molecule has 0 saturated carbocycles. The first-order valence-electron chi connectivity index (χ1n) is 11.6. The molecule has 0 radical (unpaired) electrons. The van der Waals surface area contributed by atoms with Crippen LogP contribution in [0.25, 0.3) is 11.3 Å². The summed E-state index contributed by atoms with van der Waals surface area (Å²) in [5.74, 6) is -0.298. The smallest absolute Gasteiger partial charge is 0.243 e. The summed E-state index contributed by atoms with van der Waals surface area (Å²) >= 11 is 1.20. The number of aromatic nitrogens is 1. The van der Waals surface area contributed by atoms with Crippen molar-refractivity contribution in [2.24, 2.45) is 4.99 Å². The number of sulfonamides is 1. The zero-order valence-corrected chi connectivity index (χ0v) is 21.5. The van der Waals surface area contributed by atoms with Gasteiger partial charge < -0.3 is 15.6 Å². The van der Waals surface area contributed by atoms with Crippen molar-refractivity contribution in [3.05, 3.63) is 82.9 Å². The van der Waals surface area contributed by atoms with Crippen LogP contribution in [0.1, 0.15) is 27.4 Å². The van der Waals surface area contributed by atoms with Crippen molar-refractivity contribution in [1.29, 1.82) is 0 Å². The number of hydrogen-bond donors (Lipinski definition) is 2. The standard InChI is InChI=1S/C26H25N5O4S2/c1-28-15-20-23(27)25(24(32)22-14-21(30-35-22)17-8-4-2-5-9-17)36-26(20)29-18-12-13-31(16-18)37(33,34)19-10-6-3-7-11-19/h2-11,14,18,29H,1,12-13,15-16,27H2. The normalized spacial score (nSPS) is 16.1. The lowest BCUT2D eigenvalue weighted by Gasteiger charge is -2.17. The number of nitrogens with one attached hydrogen (secondary N) is 1. The highest BCUT2D eigenvalue weighted by Gasteiger charge is 2.34. The van der Waals surface area contributed by atoms with Crippen LogP contribution in [-0.2, 0) is 16.6 Å². The second-order valence-electron chi connectivity index (χ2n) is 8.61. The molecule has 1 saturated heterocycles. The topological polar surface area (TPSA) is 131 Å². The molecule has 1 unspecified atom stereocenters. The molecule has 4 aromatic rings. The van der Waals surface area contributed by atoms with Gasteiger partial charge >= 0.3 is 0 Å². The van der Waals surface area contributed by atoms with Crippen LogP contribution in [0, 0.1) is 0 Å². The van der Waals surface area contributed by atoms with Crippen LogP contribution in [0.2, 0.25) is 0 Å². The third-order valence-corrected chi connectivity index (χ3v) is 9.25. The minimum absolute atomic E-state index is 0.0810. The molecule has 2 aromatic heterocycles. The number of nitrogens with zero attached hydrogens (tertiary/aromatic N) is 3. The van der Waals surface area contributed by atoms with Crippen LogP contribution in [0.5, 0.6) is 0 Å². The summed E-state index contributed by atoms with van der Waals surface area (Å²) < 4.78 is 32.8. The first-order chi connectivity index (χ1) is 17.9. The van der Waals surface area contributed by atoms with Gasteiger partial charge in [-0.1, -0.05) is 53.7 Å². The van der Waals surface area contributed by atoms with Crippen LogP contribution < -0.4 is 11.1 Å². The Morgan fingerprint density at radius 3 is 2.59 bits per heavy atom. The van der Waals surface area contributed by atoms with E-state index in [9.17, 15) is 13.2 Å². The van der Waals surface area contributed by atoms with Crippen LogP contribution in [0.4, 0.5) is 10.7 Å². The Labute approximate surface area is 218 Å². The number of carbonyl (C=O) groups is 1. The van der Waals surface area contributed by atoms with E-state index in [0.29, 0.717) is 46.3 Å². The van der Waals surface area contributed by atoms with Gasteiger partial charge in [-0.25, -0.2) is 8.42 Å². The summed E-state index contributed by atoms with van der Waals surface area (Å²) in [5, 5.41) is 8.09. The van der Waals surface area contributed by atoms with Crippen molar-refractivity contribution in [1.82, 2.24) is 9.46 Å². The molecule has 0 bridgehead atoms. The Bertz CT molecular complexity index is 1530. The number of nitrogens with two attached hydrogens (primary N) is 1. The van der Waals surface area contributed by atoms with Crippen molar-refractivity contribution in [2.45, 2.75) is 23.9 Å². The Morgan fingerprint density at radius 1 is 1.19 bits per heavy atom. The Kier molecular flexibility index (Phi) is 6.92. The van der Waals surface area contributed by atoms with Crippen molar-refractivity contribution < 1.29 is 17.7 Å². The fourth-order valence-electron chi connectivity index (χ4n) is 4.26. The van der Waals surface area contributed by atoms with Gasteiger partial charge in [0.05, 0.1) is 22.1 Å². The van der Waals surface area contributed by atoms with Gasteiger partial charge in [0, 0.05) is 36.3 Å². The van der Waals surface area contributed by atoms with E-state index in [4.69, 9.17) is 10.3 Å². The van der Waals surface area contributed by atoms with E-state index in [1.807, 2.05) is 30.3 Å². The van der Waals surface area contributed by atoms with E-state index in [0.717, 1.165) is 5.56 Å². The third kappa shape index (κ3) is 4.93. The number of carbonyl (C=O) groups excluding carboxylic acids is 1. The van der Waals surface area contributed by atoms with Gasteiger partial charge in [-0.3, -0.25) is 9.79 Å². The number of hydrogen-bond acceptors (Lipinski definition) is 9. The van der Waals surface area contributed by atoms with Gasteiger partial charge in [0.2, 0.25) is 21.6 Å². The zero-order valence-electron chi connectivity index (χ0n) is 19.8. The van der Waals surface area contributed by atoms with Gasteiger partial charge in [0.1, 0.15) is 10.6 Å². The van der Waals surface area contributed by atoms with Crippen molar-refractivity contribution in [3.8, 4) is 11.3 Å². The molecule has 9 nitrogen and oxygen atoms in total. The minimum atomic E-state index is -3.59. The van der Waals surface area contributed by atoms with Crippen molar-refractivity contribution >= 4 is 44.5 Å². The first kappa shape index (κ1) is 24.9. The minimum Gasteiger partial charge on any atom is -0.397 e. The number of aliphatic imine (C=N–C) groups is 1. The predicted molar refractivity (Wildman–Crippen MR) is 145 cm³/mol. The summed E-state index contributed by atoms with van der Waals surface area (Å²) in [5.41, 5.74) is 8.72. The molecular weight excluding hydrogens is 510 g/mol. The highest BCUT2D eigenvalue weighted by atomic mass is 32.2. The van der Waals surface area contributed by atoms with E-state index < -0.39 is 10.0 Å². The van der Waals surface area contributed by atoms with Crippen molar-refractivity contribution in [2.75, 3.05) is 24.1 Å². The van der Waals surface area contributed by atoms with Gasteiger partial charge in [0.25, 0.3) is 0 Å². The molecule has 1 aliphatic heterocycles. The van der Waals surface area contributed by atoms with E-state index in [1.165, 1.54) is 15.6 Å². The van der Waals surface area contributed by atoms with Gasteiger partial charge in [-0.05, 0) is 25.3 Å². The van der Waals surface area contributed by atoms with Gasteiger partial charge in [-0.15, -0.1) is 11.3 Å². The maximum absolute atomic E-state index is 13.3. The number of ketones is 1. The molecule has 5 rings (SSSR count). The molecule has 1 fully saturated rings. The monoisotopic (exact) mass is 535 g/mol. The molecular formula is C26H25N5O4S2. The van der Waals surface area contributed by atoms with Gasteiger partial charge in [0.15, 0.2) is 0 Å². The van der Waals surface area contributed by atoms with E-state index >= 15 is 0 Å². The summed E-state index contributed by atoms with van der Waals surface area (Å²) in [4.78, 5) is 17.8. The Morgan fingerprint density at radius 2 is 1.89 bits per heavy atom. The SMILES string of the molecule is C=NCc1c(NC2CCN(S(=O)(=O)c3ccccc3)C2)sc(C(=O)c2cc(-c3ccccc3)no2)c1N. The first-order valence-corrected chi connectivity index (χ1v) is 13.9. The summed E-state index contributed by atoms with van der Waals surface area (Å²) in [6.45, 7) is 4.46. The van der Waals surface area contributed by atoms with E-state index in [1.54, 1.807) is 36.4 Å². The molecule has 0 aliphatic carbocycles. The molecule has 0 amide bonds. The Hall–Kier alpha value is -3.80. The lowest BCUT2D eigenvalue weighted by molar-refractivity contribution is 0.100. The molecule has 190 valence electrons. The molecule has 3 heterocycles. The maximum atomic E-state index is 13.3. The average molecular weight is 536 g/mol. The number of thiophene rings is 1. The van der Waals surface area contributed by atoms with Crippen LogP contribution >= 0.6 is 11.3 Å². The fourth-order valence-corrected chi connectivity index (χ4v) is 6.94. The lowest BCUT2D eigenvalue weighted by Crippen LogP contribution is -2.31. The van der Waals surface area contributed by atoms with Crippen LogP contribution in [0.3, 0.4) is 0 Å². The maximum Gasteiger partial charge on any atom is 0.243 e. The molecule has 37 heavy (non-hydrogen) atoms.